The van der Waals surface area contributed by atoms with Crippen molar-refractivity contribution in [2.75, 3.05) is 12.3 Å². The zero-order valence-electron chi connectivity index (χ0n) is 9.60. The molecular formula is C13H19NOS. The van der Waals surface area contributed by atoms with Gasteiger partial charge in [0.05, 0.1) is 6.10 Å². The second-order valence-corrected chi connectivity index (χ2v) is 5.88. The highest BCUT2D eigenvalue weighted by atomic mass is 32.2. The summed E-state index contributed by atoms with van der Waals surface area (Å²) in [6, 6.07) is 10.4. The molecule has 0 radical (unpaired) electrons. The predicted molar refractivity (Wildman–Crippen MR) is 69.7 cm³/mol. The van der Waals surface area contributed by atoms with Crippen LogP contribution in [-0.2, 0) is 0 Å². The summed E-state index contributed by atoms with van der Waals surface area (Å²) in [4.78, 5) is 0. The van der Waals surface area contributed by atoms with Crippen LogP contribution in [0.2, 0.25) is 0 Å². The van der Waals surface area contributed by atoms with E-state index in [0.29, 0.717) is 12.6 Å². The van der Waals surface area contributed by atoms with Crippen LogP contribution in [0.5, 0.6) is 0 Å². The smallest absolute Gasteiger partial charge is 0.0914 e. The number of aliphatic hydroxyl groups excluding tert-OH is 1. The first-order chi connectivity index (χ1) is 7.75. The SMILES string of the molecule is CC1CC(NCC(O)c2ccccc2)CS1. The maximum atomic E-state index is 9.98. The largest absolute Gasteiger partial charge is 0.387 e. The third-order valence-electron chi connectivity index (χ3n) is 2.98. The third kappa shape index (κ3) is 3.24. The number of nitrogens with one attached hydrogen (secondary N) is 1. The molecule has 3 heteroatoms. The maximum absolute atomic E-state index is 9.98. The molecule has 88 valence electrons. The molecule has 16 heavy (non-hydrogen) atoms. The van der Waals surface area contributed by atoms with Gasteiger partial charge in [0.15, 0.2) is 0 Å². The second kappa shape index (κ2) is 5.71. The molecule has 2 rings (SSSR count). The number of hydrogen-bond acceptors (Lipinski definition) is 3. The van der Waals surface area contributed by atoms with Gasteiger partial charge in [-0.05, 0) is 12.0 Å². The van der Waals surface area contributed by atoms with E-state index in [1.54, 1.807) is 0 Å². The fourth-order valence-corrected chi connectivity index (χ4v) is 3.21. The van der Waals surface area contributed by atoms with Crippen LogP contribution in [0.4, 0.5) is 0 Å². The molecule has 0 spiro atoms. The molecule has 0 aliphatic carbocycles. The molecule has 0 saturated carbocycles. The number of aliphatic hydroxyl groups is 1. The molecule has 2 N–H and O–H groups in total. The Labute approximate surface area is 101 Å². The van der Waals surface area contributed by atoms with E-state index in [4.69, 9.17) is 0 Å². The molecular weight excluding hydrogens is 218 g/mol. The molecule has 0 amide bonds. The van der Waals surface area contributed by atoms with E-state index in [1.807, 2.05) is 42.1 Å². The van der Waals surface area contributed by atoms with Crippen LogP contribution in [0.3, 0.4) is 0 Å². The van der Waals surface area contributed by atoms with Gasteiger partial charge in [-0.25, -0.2) is 0 Å². The molecule has 3 unspecified atom stereocenters. The first-order valence-electron chi connectivity index (χ1n) is 5.83. The minimum absolute atomic E-state index is 0.387. The van der Waals surface area contributed by atoms with Crippen LogP contribution in [-0.4, -0.2) is 28.7 Å². The third-order valence-corrected chi connectivity index (χ3v) is 4.34. The van der Waals surface area contributed by atoms with Gasteiger partial charge in [0.2, 0.25) is 0 Å². The predicted octanol–water partition coefficient (Wildman–Crippen LogP) is 2.20. The Bertz CT molecular complexity index is 317. The fourth-order valence-electron chi connectivity index (χ4n) is 2.03. The topological polar surface area (TPSA) is 32.3 Å². The minimum atomic E-state index is -0.387. The Balaban J connectivity index is 1.78. The lowest BCUT2D eigenvalue weighted by Crippen LogP contribution is -2.32. The van der Waals surface area contributed by atoms with Crippen molar-refractivity contribution in [3.8, 4) is 0 Å². The molecule has 1 fully saturated rings. The zero-order valence-corrected chi connectivity index (χ0v) is 10.4. The molecule has 0 bridgehead atoms. The van der Waals surface area contributed by atoms with Crippen molar-refractivity contribution in [3.05, 3.63) is 35.9 Å². The highest BCUT2D eigenvalue weighted by Crippen LogP contribution is 2.26. The molecule has 2 nitrogen and oxygen atoms in total. The van der Waals surface area contributed by atoms with Crippen LogP contribution in [0.1, 0.15) is 25.0 Å². The van der Waals surface area contributed by atoms with Gasteiger partial charge < -0.3 is 10.4 Å². The van der Waals surface area contributed by atoms with Crippen molar-refractivity contribution in [3.63, 3.8) is 0 Å². The Hall–Kier alpha value is -0.510. The molecule has 0 aromatic heterocycles. The van der Waals surface area contributed by atoms with Gasteiger partial charge in [0.25, 0.3) is 0 Å². The summed E-state index contributed by atoms with van der Waals surface area (Å²) < 4.78 is 0. The molecule has 1 aliphatic heterocycles. The molecule has 3 atom stereocenters. The summed E-state index contributed by atoms with van der Waals surface area (Å²) >= 11 is 2.01. The average Bonchev–Trinajstić information content (AvgIpc) is 2.73. The summed E-state index contributed by atoms with van der Waals surface area (Å²) in [7, 11) is 0. The summed E-state index contributed by atoms with van der Waals surface area (Å²) in [5, 5.41) is 14.2. The molecule has 1 heterocycles. The summed E-state index contributed by atoms with van der Waals surface area (Å²) in [5.74, 6) is 1.17. The van der Waals surface area contributed by atoms with Crippen molar-refractivity contribution in [2.24, 2.45) is 0 Å². The lowest BCUT2D eigenvalue weighted by molar-refractivity contribution is 0.171. The second-order valence-electron chi connectivity index (χ2n) is 4.41. The average molecular weight is 237 g/mol. The van der Waals surface area contributed by atoms with E-state index in [0.717, 1.165) is 10.8 Å². The van der Waals surface area contributed by atoms with Gasteiger partial charge in [-0.2, -0.15) is 11.8 Å². The van der Waals surface area contributed by atoms with Gasteiger partial charge in [-0.3, -0.25) is 0 Å². The van der Waals surface area contributed by atoms with Crippen LogP contribution in [0.15, 0.2) is 30.3 Å². The monoisotopic (exact) mass is 237 g/mol. The number of thioether (sulfide) groups is 1. The lowest BCUT2D eigenvalue weighted by atomic mass is 10.1. The Morgan fingerprint density at radius 3 is 2.81 bits per heavy atom. The highest BCUT2D eigenvalue weighted by Gasteiger charge is 2.21. The van der Waals surface area contributed by atoms with Crippen LogP contribution in [0.25, 0.3) is 0 Å². The van der Waals surface area contributed by atoms with Gasteiger partial charge in [0, 0.05) is 23.6 Å². The van der Waals surface area contributed by atoms with E-state index in [-0.39, 0.29) is 6.10 Å². The zero-order chi connectivity index (χ0) is 11.4. The molecule has 1 aliphatic rings. The van der Waals surface area contributed by atoms with E-state index in [2.05, 4.69) is 12.2 Å². The molecule has 1 aromatic carbocycles. The van der Waals surface area contributed by atoms with E-state index in [9.17, 15) is 5.11 Å². The van der Waals surface area contributed by atoms with Crippen LogP contribution >= 0.6 is 11.8 Å². The fraction of sp³-hybridized carbons (Fsp3) is 0.538. The van der Waals surface area contributed by atoms with Crippen molar-refractivity contribution in [2.45, 2.75) is 30.7 Å². The first-order valence-corrected chi connectivity index (χ1v) is 6.88. The normalized spacial score (nSPS) is 26.9. The Kier molecular flexibility index (Phi) is 4.27. The van der Waals surface area contributed by atoms with Crippen molar-refractivity contribution >= 4 is 11.8 Å². The van der Waals surface area contributed by atoms with Crippen molar-refractivity contribution in [1.82, 2.24) is 5.32 Å². The van der Waals surface area contributed by atoms with Crippen LogP contribution < -0.4 is 5.32 Å². The van der Waals surface area contributed by atoms with E-state index < -0.39 is 0 Å². The number of hydrogen-bond donors (Lipinski definition) is 2. The quantitative estimate of drug-likeness (QED) is 0.842. The van der Waals surface area contributed by atoms with Crippen molar-refractivity contribution in [1.29, 1.82) is 0 Å². The summed E-state index contributed by atoms with van der Waals surface area (Å²) in [6.07, 6.45) is 0.828. The van der Waals surface area contributed by atoms with E-state index in [1.165, 1.54) is 12.2 Å². The van der Waals surface area contributed by atoms with E-state index >= 15 is 0 Å². The minimum Gasteiger partial charge on any atom is -0.387 e. The molecule has 1 aromatic rings. The van der Waals surface area contributed by atoms with Gasteiger partial charge >= 0.3 is 0 Å². The maximum Gasteiger partial charge on any atom is 0.0914 e. The standard InChI is InChI=1S/C13H19NOS/c1-10-7-12(9-16-10)14-8-13(15)11-5-3-2-4-6-11/h2-6,10,12-15H,7-9H2,1H3. The van der Waals surface area contributed by atoms with Crippen molar-refractivity contribution < 1.29 is 5.11 Å². The Morgan fingerprint density at radius 2 is 2.19 bits per heavy atom. The number of rotatable bonds is 4. The molecule has 1 saturated heterocycles. The lowest BCUT2D eigenvalue weighted by Gasteiger charge is -2.16. The highest BCUT2D eigenvalue weighted by molar-refractivity contribution is 8.00. The summed E-state index contributed by atoms with van der Waals surface area (Å²) in [6.45, 7) is 2.92. The van der Waals surface area contributed by atoms with Gasteiger partial charge in [-0.1, -0.05) is 37.3 Å². The summed E-state index contributed by atoms with van der Waals surface area (Å²) in [5.41, 5.74) is 0.994. The number of benzene rings is 1. The van der Waals surface area contributed by atoms with Crippen LogP contribution in [0, 0.1) is 0 Å². The van der Waals surface area contributed by atoms with Gasteiger partial charge in [-0.15, -0.1) is 0 Å². The van der Waals surface area contributed by atoms with Gasteiger partial charge in [0.1, 0.15) is 0 Å². The first kappa shape index (κ1) is 12.0. The Morgan fingerprint density at radius 1 is 1.44 bits per heavy atom.